The minimum atomic E-state index is 0.364. The van der Waals surface area contributed by atoms with Crippen LogP contribution in [0.15, 0.2) is 0 Å². The molecule has 1 N–H and O–H groups in total. The van der Waals surface area contributed by atoms with E-state index in [1.807, 2.05) is 0 Å². The minimum absolute atomic E-state index is 0.364. The Morgan fingerprint density at radius 3 is 2.47 bits per heavy atom. The summed E-state index contributed by atoms with van der Waals surface area (Å²) in [5.41, 5.74) is 0.364. The van der Waals surface area contributed by atoms with Crippen LogP contribution in [0, 0.1) is 11.3 Å². The van der Waals surface area contributed by atoms with E-state index in [9.17, 15) is 0 Å². The highest BCUT2D eigenvalue weighted by Gasteiger charge is 2.38. The van der Waals surface area contributed by atoms with Gasteiger partial charge >= 0.3 is 0 Å². The average molecular weight is 209 g/mol. The molecule has 1 aliphatic rings. The molecular formula is C12H23N3. The molecule has 0 heterocycles. The van der Waals surface area contributed by atoms with E-state index < -0.39 is 0 Å². The molecule has 1 atom stereocenters. The standard InChI is InChI=1S/C12H23N3/c1-4-11(6-9-13)14-10-12(15(2)3)7-5-8-12/h11,14H,4-8,10H2,1-3H3. The van der Waals surface area contributed by atoms with Gasteiger partial charge in [0.2, 0.25) is 0 Å². The topological polar surface area (TPSA) is 39.1 Å². The van der Waals surface area contributed by atoms with Gasteiger partial charge in [0.05, 0.1) is 12.5 Å². The maximum atomic E-state index is 8.68. The molecule has 1 saturated carbocycles. The summed E-state index contributed by atoms with van der Waals surface area (Å²) in [4.78, 5) is 2.34. The van der Waals surface area contributed by atoms with Crippen molar-refractivity contribution in [2.24, 2.45) is 0 Å². The first-order valence-electron chi connectivity index (χ1n) is 5.92. The molecule has 0 spiro atoms. The lowest BCUT2D eigenvalue weighted by molar-refractivity contribution is 0.0571. The highest BCUT2D eigenvalue weighted by Crippen LogP contribution is 2.35. The minimum Gasteiger partial charge on any atom is -0.311 e. The molecule has 0 bridgehead atoms. The van der Waals surface area contributed by atoms with Gasteiger partial charge in [-0.25, -0.2) is 0 Å². The summed E-state index contributed by atoms with van der Waals surface area (Å²) in [5.74, 6) is 0. The van der Waals surface area contributed by atoms with Crippen LogP contribution in [0.1, 0.15) is 39.0 Å². The van der Waals surface area contributed by atoms with Crippen molar-refractivity contribution in [3.8, 4) is 6.07 Å². The van der Waals surface area contributed by atoms with Gasteiger partial charge in [-0.1, -0.05) is 6.92 Å². The van der Waals surface area contributed by atoms with Crippen LogP contribution < -0.4 is 5.32 Å². The van der Waals surface area contributed by atoms with Crippen LogP contribution in [-0.2, 0) is 0 Å². The lowest BCUT2D eigenvalue weighted by Crippen LogP contribution is -2.57. The predicted molar refractivity (Wildman–Crippen MR) is 62.6 cm³/mol. The Labute approximate surface area is 93.5 Å². The van der Waals surface area contributed by atoms with Crippen molar-refractivity contribution in [1.29, 1.82) is 5.26 Å². The van der Waals surface area contributed by atoms with Crippen molar-refractivity contribution in [1.82, 2.24) is 10.2 Å². The third-order valence-corrected chi connectivity index (χ3v) is 3.78. The van der Waals surface area contributed by atoms with Crippen molar-refractivity contribution >= 4 is 0 Å². The van der Waals surface area contributed by atoms with Crippen LogP contribution in [0.25, 0.3) is 0 Å². The Balaban J connectivity index is 2.37. The fraction of sp³-hybridized carbons (Fsp3) is 0.917. The van der Waals surface area contributed by atoms with Gasteiger partial charge in [-0.05, 0) is 39.8 Å². The molecule has 86 valence electrons. The molecule has 3 heteroatoms. The molecule has 15 heavy (non-hydrogen) atoms. The van der Waals surface area contributed by atoms with Crippen molar-refractivity contribution in [2.45, 2.75) is 50.6 Å². The molecule has 0 radical (unpaired) electrons. The first kappa shape index (κ1) is 12.5. The second-order valence-corrected chi connectivity index (χ2v) is 4.82. The molecule has 0 aromatic carbocycles. The lowest BCUT2D eigenvalue weighted by Gasteiger charge is -2.48. The smallest absolute Gasteiger partial charge is 0.0638 e. The number of nitrogens with one attached hydrogen (secondary N) is 1. The Morgan fingerprint density at radius 1 is 1.47 bits per heavy atom. The molecule has 0 amide bonds. The first-order chi connectivity index (χ1) is 7.14. The Kier molecular flexibility index (Phi) is 4.56. The molecule has 0 aliphatic heterocycles. The number of hydrogen-bond acceptors (Lipinski definition) is 3. The normalized spacial score (nSPS) is 20.7. The average Bonchev–Trinajstić information content (AvgIpc) is 2.13. The van der Waals surface area contributed by atoms with Crippen LogP contribution in [0.3, 0.4) is 0 Å². The van der Waals surface area contributed by atoms with E-state index in [0.29, 0.717) is 18.0 Å². The summed E-state index contributed by atoms with van der Waals surface area (Å²) < 4.78 is 0. The third kappa shape index (κ3) is 2.93. The number of likely N-dealkylation sites (N-methyl/N-ethyl adjacent to an activating group) is 1. The Morgan fingerprint density at radius 2 is 2.13 bits per heavy atom. The summed E-state index contributed by atoms with van der Waals surface area (Å²) in [6, 6.07) is 2.61. The van der Waals surface area contributed by atoms with Crippen molar-refractivity contribution < 1.29 is 0 Å². The third-order valence-electron chi connectivity index (χ3n) is 3.78. The van der Waals surface area contributed by atoms with Gasteiger partial charge in [0.1, 0.15) is 0 Å². The summed E-state index contributed by atoms with van der Waals surface area (Å²) in [6.07, 6.45) is 5.58. The highest BCUT2D eigenvalue weighted by atomic mass is 15.2. The quantitative estimate of drug-likeness (QED) is 0.724. The summed E-state index contributed by atoms with van der Waals surface area (Å²) in [7, 11) is 4.32. The molecule has 1 aliphatic carbocycles. The van der Waals surface area contributed by atoms with Gasteiger partial charge in [-0.2, -0.15) is 5.26 Å². The maximum Gasteiger partial charge on any atom is 0.0638 e. The summed E-state index contributed by atoms with van der Waals surface area (Å²) in [6.45, 7) is 3.16. The zero-order valence-electron chi connectivity index (χ0n) is 10.2. The monoisotopic (exact) mass is 209 g/mol. The summed E-state index contributed by atoms with van der Waals surface area (Å²) in [5, 5.41) is 12.2. The zero-order valence-corrected chi connectivity index (χ0v) is 10.2. The molecule has 0 saturated heterocycles. The second-order valence-electron chi connectivity index (χ2n) is 4.82. The van der Waals surface area contributed by atoms with E-state index in [1.165, 1.54) is 19.3 Å². The molecular weight excluding hydrogens is 186 g/mol. The van der Waals surface area contributed by atoms with E-state index >= 15 is 0 Å². The van der Waals surface area contributed by atoms with E-state index in [4.69, 9.17) is 5.26 Å². The van der Waals surface area contributed by atoms with Gasteiger partial charge in [-0.15, -0.1) is 0 Å². The van der Waals surface area contributed by atoms with E-state index in [1.54, 1.807) is 0 Å². The lowest BCUT2D eigenvalue weighted by atomic mass is 9.75. The van der Waals surface area contributed by atoms with Gasteiger partial charge in [0.25, 0.3) is 0 Å². The van der Waals surface area contributed by atoms with Crippen LogP contribution >= 0.6 is 0 Å². The second kappa shape index (κ2) is 5.48. The largest absolute Gasteiger partial charge is 0.311 e. The zero-order chi connectivity index (χ0) is 11.3. The van der Waals surface area contributed by atoms with E-state index in [2.05, 4.69) is 37.3 Å². The van der Waals surface area contributed by atoms with Crippen LogP contribution in [0.2, 0.25) is 0 Å². The van der Waals surface area contributed by atoms with Gasteiger partial charge < -0.3 is 10.2 Å². The van der Waals surface area contributed by atoms with Crippen LogP contribution in [-0.4, -0.2) is 37.1 Å². The van der Waals surface area contributed by atoms with Gasteiger partial charge in [0.15, 0.2) is 0 Å². The Hall–Kier alpha value is -0.590. The first-order valence-corrected chi connectivity index (χ1v) is 5.92. The molecule has 0 aromatic rings. The fourth-order valence-electron chi connectivity index (χ4n) is 2.17. The fourth-order valence-corrected chi connectivity index (χ4v) is 2.17. The van der Waals surface area contributed by atoms with Crippen LogP contribution in [0.5, 0.6) is 0 Å². The van der Waals surface area contributed by atoms with Crippen molar-refractivity contribution in [3.05, 3.63) is 0 Å². The number of rotatable bonds is 6. The predicted octanol–water partition coefficient (Wildman–Crippen LogP) is 1.75. The van der Waals surface area contributed by atoms with E-state index in [-0.39, 0.29) is 0 Å². The molecule has 0 aromatic heterocycles. The maximum absolute atomic E-state index is 8.68. The number of nitriles is 1. The molecule has 3 nitrogen and oxygen atoms in total. The van der Waals surface area contributed by atoms with Crippen molar-refractivity contribution in [3.63, 3.8) is 0 Å². The SMILES string of the molecule is CCC(CC#N)NCC1(N(C)C)CCC1. The Bertz CT molecular complexity index is 226. The van der Waals surface area contributed by atoms with Crippen molar-refractivity contribution in [2.75, 3.05) is 20.6 Å². The molecule has 1 rings (SSSR count). The summed E-state index contributed by atoms with van der Waals surface area (Å²) >= 11 is 0. The van der Waals surface area contributed by atoms with E-state index in [0.717, 1.165) is 13.0 Å². The van der Waals surface area contributed by atoms with Crippen LogP contribution in [0.4, 0.5) is 0 Å². The highest BCUT2D eigenvalue weighted by molar-refractivity contribution is 4.98. The van der Waals surface area contributed by atoms with Gasteiger partial charge in [-0.3, -0.25) is 0 Å². The number of hydrogen-bond donors (Lipinski definition) is 1. The molecule has 1 unspecified atom stereocenters. The van der Waals surface area contributed by atoms with Gasteiger partial charge in [0, 0.05) is 18.1 Å². The number of nitrogens with zero attached hydrogens (tertiary/aromatic N) is 2. The molecule has 1 fully saturated rings.